The van der Waals surface area contributed by atoms with Crippen LogP contribution in [0.2, 0.25) is 0 Å². The Morgan fingerprint density at radius 2 is 2.10 bits per heavy atom. The Hall–Kier alpha value is -2.14. The second kappa shape index (κ2) is 5.09. The van der Waals surface area contributed by atoms with Crippen molar-refractivity contribution < 1.29 is 4.79 Å². The van der Waals surface area contributed by atoms with Crippen LogP contribution in [0.5, 0.6) is 0 Å². The van der Waals surface area contributed by atoms with E-state index in [1.165, 1.54) is 10.6 Å². The van der Waals surface area contributed by atoms with Gasteiger partial charge in [-0.05, 0) is 23.9 Å². The molecule has 4 nitrogen and oxygen atoms in total. The van der Waals surface area contributed by atoms with E-state index in [0.29, 0.717) is 6.42 Å². The first kappa shape index (κ1) is 12.9. The van der Waals surface area contributed by atoms with E-state index in [1.54, 1.807) is 11.3 Å². The van der Waals surface area contributed by atoms with E-state index in [-0.39, 0.29) is 6.04 Å². The maximum atomic E-state index is 11.6. The van der Waals surface area contributed by atoms with E-state index in [1.807, 2.05) is 48.7 Å². The molecule has 1 aliphatic rings. The summed E-state index contributed by atoms with van der Waals surface area (Å²) < 4.78 is 0. The van der Waals surface area contributed by atoms with Crippen LogP contribution in [-0.2, 0) is 0 Å². The van der Waals surface area contributed by atoms with Crippen LogP contribution in [0.1, 0.15) is 28.5 Å². The van der Waals surface area contributed by atoms with Crippen LogP contribution in [0.3, 0.4) is 0 Å². The third kappa shape index (κ3) is 2.32. The van der Waals surface area contributed by atoms with Gasteiger partial charge in [-0.3, -0.25) is 0 Å². The Balaban J connectivity index is 1.93. The Bertz CT molecular complexity index is 646. The SMILES string of the molecule is Cc1ccc([C@@H]2CC(c3cccs3)=NN2C(N)=O)cc1. The first-order valence-corrected chi connectivity index (χ1v) is 7.29. The number of thiophene rings is 1. The van der Waals surface area contributed by atoms with Gasteiger partial charge in [0, 0.05) is 6.42 Å². The monoisotopic (exact) mass is 285 g/mol. The van der Waals surface area contributed by atoms with Crippen LogP contribution in [0.4, 0.5) is 4.79 Å². The zero-order valence-electron chi connectivity index (χ0n) is 11.1. The lowest BCUT2D eigenvalue weighted by Gasteiger charge is -2.19. The highest BCUT2D eigenvalue weighted by atomic mass is 32.1. The highest BCUT2D eigenvalue weighted by molar-refractivity contribution is 7.12. The second-order valence-electron chi connectivity index (χ2n) is 4.84. The van der Waals surface area contributed by atoms with Gasteiger partial charge in [0.2, 0.25) is 0 Å². The number of hydrazone groups is 1. The number of nitrogens with zero attached hydrogens (tertiary/aromatic N) is 2. The largest absolute Gasteiger partial charge is 0.350 e. The van der Waals surface area contributed by atoms with Gasteiger partial charge < -0.3 is 5.73 Å². The molecule has 2 N–H and O–H groups in total. The summed E-state index contributed by atoms with van der Waals surface area (Å²) in [6, 6.07) is 11.5. The van der Waals surface area contributed by atoms with Crippen molar-refractivity contribution in [3.63, 3.8) is 0 Å². The van der Waals surface area contributed by atoms with Crippen molar-refractivity contribution in [1.82, 2.24) is 5.01 Å². The summed E-state index contributed by atoms with van der Waals surface area (Å²) in [6.45, 7) is 2.04. The lowest BCUT2D eigenvalue weighted by Crippen LogP contribution is -2.31. The molecule has 0 fully saturated rings. The quantitative estimate of drug-likeness (QED) is 0.904. The minimum Gasteiger partial charge on any atom is -0.350 e. The molecule has 0 bridgehead atoms. The molecule has 1 aromatic heterocycles. The third-order valence-electron chi connectivity index (χ3n) is 3.40. The Morgan fingerprint density at radius 1 is 1.35 bits per heavy atom. The van der Waals surface area contributed by atoms with Gasteiger partial charge in [-0.15, -0.1) is 11.3 Å². The molecule has 2 aromatic rings. The number of primary amides is 1. The molecule has 5 heteroatoms. The van der Waals surface area contributed by atoms with Gasteiger partial charge in [0.1, 0.15) is 0 Å². The highest BCUT2D eigenvalue weighted by Crippen LogP contribution is 2.33. The number of hydrogen-bond acceptors (Lipinski definition) is 3. The molecule has 2 amide bonds. The molecule has 3 rings (SSSR count). The fraction of sp³-hybridized carbons (Fsp3) is 0.200. The lowest BCUT2D eigenvalue weighted by atomic mass is 10.0. The average molecular weight is 285 g/mol. The van der Waals surface area contributed by atoms with Gasteiger partial charge in [-0.25, -0.2) is 9.80 Å². The summed E-state index contributed by atoms with van der Waals surface area (Å²) in [7, 11) is 0. The molecule has 1 aromatic carbocycles. The highest BCUT2D eigenvalue weighted by Gasteiger charge is 2.32. The number of benzene rings is 1. The van der Waals surface area contributed by atoms with Gasteiger partial charge in [-0.1, -0.05) is 35.9 Å². The normalized spacial score (nSPS) is 18.1. The molecule has 0 unspecified atom stereocenters. The number of carbonyl (C=O) groups is 1. The van der Waals surface area contributed by atoms with E-state index in [2.05, 4.69) is 5.10 Å². The summed E-state index contributed by atoms with van der Waals surface area (Å²) in [5.74, 6) is 0. The number of rotatable bonds is 2. The average Bonchev–Trinajstić information content (AvgIpc) is 3.08. The molecule has 2 heterocycles. The fourth-order valence-corrected chi connectivity index (χ4v) is 3.07. The van der Waals surface area contributed by atoms with Crippen molar-refractivity contribution in [2.75, 3.05) is 0 Å². The fourth-order valence-electron chi connectivity index (χ4n) is 2.35. The minimum atomic E-state index is -0.512. The first-order chi connectivity index (χ1) is 9.65. The predicted octanol–water partition coefficient (Wildman–Crippen LogP) is 3.29. The smallest absolute Gasteiger partial charge is 0.335 e. The number of aryl methyl sites for hydroxylation is 1. The zero-order valence-corrected chi connectivity index (χ0v) is 11.9. The number of urea groups is 1. The van der Waals surface area contributed by atoms with E-state index in [4.69, 9.17) is 5.73 Å². The Morgan fingerprint density at radius 3 is 2.70 bits per heavy atom. The number of carbonyl (C=O) groups excluding carboxylic acids is 1. The standard InChI is InChI=1S/C15H15N3OS/c1-10-4-6-11(7-5-10)13-9-12(14-3-2-8-20-14)17-18(13)15(16)19/h2-8,13H,9H2,1H3,(H2,16,19)/t13-/m0/s1. The molecule has 0 saturated heterocycles. The maximum Gasteiger partial charge on any atom is 0.335 e. The van der Waals surface area contributed by atoms with Gasteiger partial charge >= 0.3 is 6.03 Å². The van der Waals surface area contributed by atoms with E-state index in [0.717, 1.165) is 16.2 Å². The minimum absolute atomic E-state index is 0.106. The summed E-state index contributed by atoms with van der Waals surface area (Å²) in [4.78, 5) is 12.7. The molecule has 0 aliphatic carbocycles. The maximum absolute atomic E-state index is 11.6. The Kier molecular flexibility index (Phi) is 3.28. The summed E-state index contributed by atoms with van der Waals surface area (Å²) in [6.07, 6.45) is 0.701. The molecule has 1 atom stereocenters. The van der Waals surface area contributed by atoms with Crippen molar-refractivity contribution in [3.05, 3.63) is 57.8 Å². The molecule has 1 aliphatic heterocycles. The molecular weight excluding hydrogens is 270 g/mol. The lowest BCUT2D eigenvalue weighted by molar-refractivity contribution is 0.196. The Labute approximate surface area is 121 Å². The summed E-state index contributed by atoms with van der Waals surface area (Å²) in [5.41, 5.74) is 8.63. The molecule has 0 spiro atoms. The van der Waals surface area contributed by atoms with Crippen molar-refractivity contribution in [3.8, 4) is 0 Å². The zero-order chi connectivity index (χ0) is 14.1. The number of hydrogen-bond donors (Lipinski definition) is 1. The van der Waals surface area contributed by atoms with Crippen LogP contribution in [-0.4, -0.2) is 16.8 Å². The third-order valence-corrected chi connectivity index (χ3v) is 4.32. The van der Waals surface area contributed by atoms with Crippen molar-refractivity contribution in [1.29, 1.82) is 0 Å². The van der Waals surface area contributed by atoms with Crippen LogP contribution >= 0.6 is 11.3 Å². The molecule has 0 saturated carbocycles. The molecule has 20 heavy (non-hydrogen) atoms. The molecular formula is C15H15N3OS. The second-order valence-corrected chi connectivity index (χ2v) is 5.79. The van der Waals surface area contributed by atoms with Gasteiger partial charge in [-0.2, -0.15) is 5.10 Å². The molecule has 0 radical (unpaired) electrons. The summed E-state index contributed by atoms with van der Waals surface area (Å²) in [5, 5.41) is 7.79. The predicted molar refractivity (Wildman–Crippen MR) is 80.8 cm³/mol. The van der Waals surface area contributed by atoms with E-state index < -0.39 is 6.03 Å². The van der Waals surface area contributed by atoms with Gasteiger partial charge in [0.25, 0.3) is 0 Å². The number of nitrogens with two attached hydrogens (primary N) is 1. The van der Waals surface area contributed by atoms with Gasteiger partial charge in [0.05, 0.1) is 16.6 Å². The van der Waals surface area contributed by atoms with E-state index >= 15 is 0 Å². The summed E-state index contributed by atoms with van der Waals surface area (Å²) >= 11 is 1.62. The van der Waals surface area contributed by atoms with Crippen molar-refractivity contribution >= 4 is 23.1 Å². The first-order valence-electron chi connectivity index (χ1n) is 6.42. The van der Waals surface area contributed by atoms with Crippen LogP contribution < -0.4 is 5.73 Å². The van der Waals surface area contributed by atoms with Gasteiger partial charge in [0.15, 0.2) is 0 Å². The molecule has 102 valence electrons. The van der Waals surface area contributed by atoms with Crippen LogP contribution in [0.25, 0.3) is 0 Å². The topological polar surface area (TPSA) is 58.7 Å². The van der Waals surface area contributed by atoms with Crippen LogP contribution in [0.15, 0.2) is 46.9 Å². The van der Waals surface area contributed by atoms with Crippen LogP contribution in [0, 0.1) is 6.92 Å². The van der Waals surface area contributed by atoms with Crippen molar-refractivity contribution in [2.24, 2.45) is 10.8 Å². The van der Waals surface area contributed by atoms with Crippen molar-refractivity contribution in [2.45, 2.75) is 19.4 Å². The number of amides is 2. The van der Waals surface area contributed by atoms with E-state index in [9.17, 15) is 4.79 Å².